The first kappa shape index (κ1) is 16.2. The molecule has 7 heteroatoms. The van der Waals surface area contributed by atoms with Crippen LogP contribution in [0, 0.1) is 5.82 Å². The highest BCUT2D eigenvalue weighted by Crippen LogP contribution is 2.25. The lowest BCUT2D eigenvalue weighted by Gasteiger charge is -2.28. The third-order valence-electron chi connectivity index (χ3n) is 3.74. The van der Waals surface area contributed by atoms with Gasteiger partial charge in [0, 0.05) is 12.3 Å². The van der Waals surface area contributed by atoms with Crippen LogP contribution >= 0.6 is 11.6 Å². The number of carbonyl (C=O) groups excluding carboxylic acids is 1. The number of nitrogens with one attached hydrogen (secondary N) is 1. The maximum absolute atomic E-state index is 13.0. The van der Waals surface area contributed by atoms with Crippen LogP contribution < -0.4 is 5.32 Å². The summed E-state index contributed by atoms with van der Waals surface area (Å²) >= 11 is 5.85. The average molecular weight is 334 g/mol. The van der Waals surface area contributed by atoms with Crippen molar-refractivity contribution in [3.63, 3.8) is 0 Å². The Bertz CT molecular complexity index is 648. The Balaban J connectivity index is 2.05. The summed E-state index contributed by atoms with van der Waals surface area (Å²) in [6.45, 7) is 0. The van der Waals surface area contributed by atoms with Crippen molar-refractivity contribution in [2.45, 2.75) is 37.0 Å². The molecule has 116 valence electrons. The predicted molar refractivity (Wildman–Crippen MR) is 79.8 cm³/mol. The third-order valence-corrected chi connectivity index (χ3v) is 5.69. The van der Waals surface area contributed by atoms with Crippen LogP contribution in [-0.4, -0.2) is 31.9 Å². The molecule has 1 saturated carbocycles. The number of amides is 1. The lowest BCUT2D eigenvalue weighted by atomic mass is 9.94. The fourth-order valence-electron chi connectivity index (χ4n) is 2.60. The number of halogens is 2. The number of rotatable bonds is 3. The molecule has 0 saturated heterocycles. The molecule has 1 aliphatic rings. The Kier molecular flexibility index (Phi) is 4.88. The molecule has 0 bridgehead atoms. The molecule has 2 rings (SSSR count). The number of carbonyl (C=O) groups is 1. The molecule has 1 aromatic rings. The van der Waals surface area contributed by atoms with Gasteiger partial charge in [-0.15, -0.1) is 0 Å². The molecule has 1 aromatic carbocycles. The van der Waals surface area contributed by atoms with Gasteiger partial charge in [0.25, 0.3) is 5.91 Å². The maximum atomic E-state index is 13.0. The predicted octanol–water partition coefficient (Wildman–Crippen LogP) is 2.56. The molecule has 1 N–H and O–H groups in total. The first-order valence-electron chi connectivity index (χ1n) is 6.72. The van der Waals surface area contributed by atoms with E-state index in [4.69, 9.17) is 11.6 Å². The second kappa shape index (κ2) is 6.32. The second-order valence-corrected chi connectivity index (χ2v) is 8.15. The topological polar surface area (TPSA) is 63.2 Å². The minimum Gasteiger partial charge on any atom is -0.349 e. The fourth-order valence-corrected chi connectivity index (χ4v) is 4.03. The van der Waals surface area contributed by atoms with E-state index >= 15 is 0 Å². The summed E-state index contributed by atoms with van der Waals surface area (Å²) in [6.07, 6.45) is 3.74. The number of sulfone groups is 1. The van der Waals surface area contributed by atoms with Gasteiger partial charge in [-0.1, -0.05) is 18.0 Å². The van der Waals surface area contributed by atoms with Crippen LogP contribution in [0.2, 0.25) is 5.02 Å². The van der Waals surface area contributed by atoms with Gasteiger partial charge in [0.1, 0.15) is 15.7 Å². The summed E-state index contributed by atoms with van der Waals surface area (Å²) in [6, 6.07) is 3.37. The van der Waals surface area contributed by atoms with Crippen molar-refractivity contribution < 1.29 is 17.6 Å². The average Bonchev–Trinajstić information content (AvgIpc) is 2.37. The molecule has 0 spiro atoms. The van der Waals surface area contributed by atoms with Gasteiger partial charge in [-0.05, 0) is 37.5 Å². The Hall–Kier alpha value is -1.14. The largest absolute Gasteiger partial charge is 0.349 e. The molecular weight excluding hydrogens is 317 g/mol. The van der Waals surface area contributed by atoms with E-state index in [2.05, 4.69) is 5.32 Å². The van der Waals surface area contributed by atoms with Crippen molar-refractivity contribution in [2.75, 3.05) is 6.26 Å². The van der Waals surface area contributed by atoms with Crippen LogP contribution in [0.3, 0.4) is 0 Å². The molecule has 0 radical (unpaired) electrons. The molecule has 1 amide bonds. The van der Waals surface area contributed by atoms with Gasteiger partial charge in [-0.2, -0.15) is 0 Å². The van der Waals surface area contributed by atoms with Crippen LogP contribution in [0.15, 0.2) is 18.2 Å². The van der Waals surface area contributed by atoms with Crippen molar-refractivity contribution in [1.29, 1.82) is 0 Å². The van der Waals surface area contributed by atoms with Crippen molar-refractivity contribution >= 4 is 27.3 Å². The van der Waals surface area contributed by atoms with Crippen LogP contribution in [0.25, 0.3) is 0 Å². The van der Waals surface area contributed by atoms with Gasteiger partial charge in [0.2, 0.25) is 0 Å². The van der Waals surface area contributed by atoms with Gasteiger partial charge in [0.05, 0.1) is 15.8 Å². The van der Waals surface area contributed by atoms with E-state index in [-0.39, 0.29) is 16.6 Å². The van der Waals surface area contributed by atoms with Gasteiger partial charge in [0.15, 0.2) is 0 Å². The molecule has 0 unspecified atom stereocenters. The van der Waals surface area contributed by atoms with E-state index in [1.807, 2.05) is 0 Å². The first-order valence-corrected chi connectivity index (χ1v) is 9.05. The molecule has 0 aromatic heterocycles. The first-order chi connectivity index (χ1) is 9.77. The van der Waals surface area contributed by atoms with Gasteiger partial charge in [-0.25, -0.2) is 12.8 Å². The second-order valence-electron chi connectivity index (χ2n) is 5.41. The summed E-state index contributed by atoms with van der Waals surface area (Å²) in [5.74, 6) is -0.912. The zero-order valence-corrected chi connectivity index (χ0v) is 13.2. The van der Waals surface area contributed by atoms with E-state index in [0.717, 1.165) is 18.9 Å². The summed E-state index contributed by atoms with van der Waals surface area (Å²) < 4.78 is 36.2. The smallest absolute Gasteiger partial charge is 0.253 e. The quantitative estimate of drug-likeness (QED) is 0.924. The fraction of sp³-hybridized carbons (Fsp3) is 0.500. The highest BCUT2D eigenvalue weighted by molar-refractivity contribution is 7.91. The van der Waals surface area contributed by atoms with Crippen LogP contribution in [-0.2, 0) is 9.84 Å². The van der Waals surface area contributed by atoms with Crippen molar-refractivity contribution in [3.8, 4) is 0 Å². The normalized spacial score (nSPS) is 22.8. The highest BCUT2D eigenvalue weighted by Gasteiger charge is 2.30. The molecule has 0 aliphatic heterocycles. The zero-order chi connectivity index (χ0) is 15.6. The van der Waals surface area contributed by atoms with E-state index in [0.29, 0.717) is 12.8 Å². The van der Waals surface area contributed by atoms with Crippen LogP contribution in [0.1, 0.15) is 36.0 Å². The van der Waals surface area contributed by atoms with E-state index in [1.165, 1.54) is 18.4 Å². The van der Waals surface area contributed by atoms with Crippen LogP contribution in [0.4, 0.5) is 4.39 Å². The summed E-state index contributed by atoms with van der Waals surface area (Å²) in [7, 11) is -3.10. The summed E-state index contributed by atoms with van der Waals surface area (Å²) in [4.78, 5) is 12.1. The molecule has 1 aliphatic carbocycles. The molecule has 0 heterocycles. The highest BCUT2D eigenvalue weighted by atomic mass is 35.5. The summed E-state index contributed by atoms with van der Waals surface area (Å²) in [5.41, 5.74) is 0.194. The molecule has 1 fully saturated rings. The van der Waals surface area contributed by atoms with E-state index < -0.39 is 26.8 Å². The number of hydrogen-bond acceptors (Lipinski definition) is 3. The number of benzene rings is 1. The Labute approximate surface area is 128 Å². The standard InChI is InChI=1S/C14H17ClFNO3S/c1-21(19,20)11-4-2-3-10(8-11)17-14(18)12-6-5-9(16)7-13(12)15/h5-7,10-11H,2-4,8H2,1H3,(H,17,18)/t10-,11+/m1/s1. The molecular formula is C14H17ClFNO3S. The number of hydrogen-bond donors (Lipinski definition) is 1. The molecule has 21 heavy (non-hydrogen) atoms. The Morgan fingerprint density at radius 2 is 2.10 bits per heavy atom. The minimum absolute atomic E-state index is 0.0444. The molecule has 4 nitrogen and oxygen atoms in total. The molecule has 2 atom stereocenters. The Morgan fingerprint density at radius 1 is 1.38 bits per heavy atom. The van der Waals surface area contributed by atoms with E-state index in [9.17, 15) is 17.6 Å². The summed E-state index contributed by atoms with van der Waals surface area (Å²) in [5, 5.41) is 2.42. The monoisotopic (exact) mass is 333 g/mol. The Morgan fingerprint density at radius 3 is 2.71 bits per heavy atom. The minimum atomic E-state index is -3.10. The van der Waals surface area contributed by atoms with Gasteiger partial charge < -0.3 is 5.32 Å². The van der Waals surface area contributed by atoms with Crippen molar-refractivity contribution in [1.82, 2.24) is 5.32 Å². The lowest BCUT2D eigenvalue weighted by molar-refractivity contribution is 0.0928. The third kappa shape index (κ3) is 4.17. The lowest BCUT2D eigenvalue weighted by Crippen LogP contribution is -2.41. The van der Waals surface area contributed by atoms with Gasteiger partial charge >= 0.3 is 0 Å². The maximum Gasteiger partial charge on any atom is 0.253 e. The van der Waals surface area contributed by atoms with Crippen molar-refractivity contribution in [3.05, 3.63) is 34.6 Å². The zero-order valence-electron chi connectivity index (χ0n) is 11.6. The van der Waals surface area contributed by atoms with Crippen LogP contribution in [0.5, 0.6) is 0 Å². The SMILES string of the molecule is CS(=O)(=O)[C@H]1CCC[C@@H](NC(=O)c2ccc(F)cc2Cl)C1. The van der Waals surface area contributed by atoms with Crippen molar-refractivity contribution in [2.24, 2.45) is 0 Å². The van der Waals surface area contributed by atoms with Gasteiger partial charge in [-0.3, -0.25) is 4.79 Å². The van der Waals surface area contributed by atoms with E-state index in [1.54, 1.807) is 0 Å².